The number of hydrogen-bond donors (Lipinski definition) is 3. The first-order valence-electron chi connectivity index (χ1n) is 5.58. The highest BCUT2D eigenvalue weighted by Crippen LogP contribution is 2.13. The standard InChI is InChI=1S/C12H16BrN3O2/c1-9(17)15-7-6-14-8-12(18)16-11-4-2-10(13)3-5-11/h2-5,14H,6-8H2,1H3,(H,15,17)(H,16,18). The average Bonchev–Trinajstić information content (AvgIpc) is 2.31. The number of carbonyl (C=O) groups is 2. The number of hydrogen-bond acceptors (Lipinski definition) is 3. The molecule has 1 aromatic carbocycles. The van der Waals surface area contributed by atoms with Crippen molar-refractivity contribution in [2.24, 2.45) is 0 Å². The monoisotopic (exact) mass is 313 g/mol. The van der Waals surface area contributed by atoms with Crippen LogP contribution in [0.1, 0.15) is 6.92 Å². The van der Waals surface area contributed by atoms with Crippen LogP contribution in [0, 0.1) is 0 Å². The van der Waals surface area contributed by atoms with Gasteiger partial charge in [0, 0.05) is 30.2 Å². The van der Waals surface area contributed by atoms with Gasteiger partial charge in [-0.05, 0) is 24.3 Å². The largest absolute Gasteiger partial charge is 0.355 e. The Labute approximate surface area is 114 Å². The van der Waals surface area contributed by atoms with E-state index in [2.05, 4.69) is 31.9 Å². The fourth-order valence-electron chi connectivity index (χ4n) is 1.27. The predicted octanol–water partition coefficient (Wildman–Crippen LogP) is 1.11. The summed E-state index contributed by atoms with van der Waals surface area (Å²) in [5.41, 5.74) is 0.756. The highest BCUT2D eigenvalue weighted by Gasteiger charge is 2.01. The van der Waals surface area contributed by atoms with Gasteiger partial charge in [0.05, 0.1) is 6.54 Å². The molecule has 6 heteroatoms. The summed E-state index contributed by atoms with van der Waals surface area (Å²) < 4.78 is 0.967. The normalized spacial score (nSPS) is 9.89. The van der Waals surface area contributed by atoms with Crippen LogP contribution in [-0.4, -0.2) is 31.4 Å². The van der Waals surface area contributed by atoms with E-state index >= 15 is 0 Å². The first kappa shape index (κ1) is 14.7. The van der Waals surface area contributed by atoms with Gasteiger partial charge in [-0.3, -0.25) is 9.59 Å². The summed E-state index contributed by atoms with van der Waals surface area (Å²) in [6, 6.07) is 7.36. The molecule has 0 aliphatic heterocycles. The summed E-state index contributed by atoms with van der Waals surface area (Å²) >= 11 is 3.32. The number of nitrogens with one attached hydrogen (secondary N) is 3. The molecule has 18 heavy (non-hydrogen) atoms. The maximum Gasteiger partial charge on any atom is 0.238 e. The molecule has 0 saturated heterocycles. The maximum absolute atomic E-state index is 11.5. The molecule has 0 atom stereocenters. The first-order chi connectivity index (χ1) is 8.58. The van der Waals surface area contributed by atoms with Crippen molar-refractivity contribution in [3.63, 3.8) is 0 Å². The van der Waals surface area contributed by atoms with Crippen molar-refractivity contribution in [3.05, 3.63) is 28.7 Å². The van der Waals surface area contributed by atoms with Crippen molar-refractivity contribution >= 4 is 33.4 Å². The molecule has 0 spiro atoms. The highest BCUT2D eigenvalue weighted by atomic mass is 79.9. The van der Waals surface area contributed by atoms with Crippen LogP contribution in [0.2, 0.25) is 0 Å². The molecule has 0 saturated carbocycles. The molecule has 1 rings (SSSR count). The van der Waals surface area contributed by atoms with Crippen molar-refractivity contribution in [1.29, 1.82) is 0 Å². The molecule has 0 heterocycles. The summed E-state index contributed by atoms with van der Waals surface area (Å²) in [6.07, 6.45) is 0. The Balaban J connectivity index is 2.17. The van der Waals surface area contributed by atoms with Gasteiger partial charge in [-0.15, -0.1) is 0 Å². The molecule has 0 aliphatic carbocycles. The summed E-state index contributed by atoms with van der Waals surface area (Å²) in [7, 11) is 0. The van der Waals surface area contributed by atoms with Gasteiger partial charge in [0.15, 0.2) is 0 Å². The highest BCUT2D eigenvalue weighted by molar-refractivity contribution is 9.10. The lowest BCUT2D eigenvalue weighted by Gasteiger charge is -2.07. The van der Waals surface area contributed by atoms with Crippen molar-refractivity contribution < 1.29 is 9.59 Å². The van der Waals surface area contributed by atoms with Gasteiger partial charge < -0.3 is 16.0 Å². The summed E-state index contributed by atoms with van der Waals surface area (Å²) in [6.45, 7) is 2.75. The van der Waals surface area contributed by atoms with Crippen molar-refractivity contribution in [2.75, 3.05) is 25.0 Å². The van der Waals surface area contributed by atoms with Gasteiger partial charge in [0.2, 0.25) is 11.8 Å². The third-order valence-corrected chi connectivity index (χ3v) is 2.62. The third-order valence-electron chi connectivity index (χ3n) is 2.09. The van der Waals surface area contributed by atoms with Crippen molar-refractivity contribution in [3.8, 4) is 0 Å². The number of anilines is 1. The predicted molar refractivity (Wildman–Crippen MR) is 74.3 cm³/mol. The molecular formula is C12H16BrN3O2. The van der Waals surface area contributed by atoms with Crippen LogP contribution in [0.25, 0.3) is 0 Å². The van der Waals surface area contributed by atoms with Crippen LogP contribution in [0.5, 0.6) is 0 Å². The minimum absolute atomic E-state index is 0.0730. The molecule has 0 bridgehead atoms. The van der Waals surface area contributed by atoms with E-state index in [4.69, 9.17) is 0 Å². The van der Waals surface area contributed by atoms with Crippen molar-refractivity contribution in [1.82, 2.24) is 10.6 Å². The Morgan fingerprint density at radius 1 is 1.17 bits per heavy atom. The van der Waals surface area contributed by atoms with Gasteiger partial charge >= 0.3 is 0 Å². The minimum atomic E-state index is -0.111. The fraction of sp³-hybridized carbons (Fsp3) is 0.333. The molecule has 1 aromatic rings. The zero-order chi connectivity index (χ0) is 13.4. The number of carbonyl (C=O) groups excluding carboxylic acids is 2. The van der Waals surface area contributed by atoms with E-state index in [-0.39, 0.29) is 18.4 Å². The molecular weight excluding hydrogens is 298 g/mol. The molecule has 0 unspecified atom stereocenters. The zero-order valence-corrected chi connectivity index (χ0v) is 11.7. The zero-order valence-electron chi connectivity index (χ0n) is 10.1. The third kappa shape index (κ3) is 6.36. The first-order valence-corrected chi connectivity index (χ1v) is 6.38. The molecule has 0 aliphatic rings. The molecule has 0 aromatic heterocycles. The smallest absolute Gasteiger partial charge is 0.238 e. The quantitative estimate of drug-likeness (QED) is 0.689. The average molecular weight is 314 g/mol. The van der Waals surface area contributed by atoms with Crippen LogP contribution >= 0.6 is 15.9 Å². The lowest BCUT2D eigenvalue weighted by Crippen LogP contribution is -2.34. The number of rotatable bonds is 6. The van der Waals surface area contributed by atoms with Crippen LogP contribution in [0.15, 0.2) is 28.7 Å². The SMILES string of the molecule is CC(=O)NCCNCC(=O)Nc1ccc(Br)cc1. The molecule has 0 radical (unpaired) electrons. The van der Waals surface area contributed by atoms with Crippen LogP contribution in [0.4, 0.5) is 5.69 Å². The molecule has 2 amide bonds. The number of halogens is 1. The Morgan fingerprint density at radius 2 is 1.83 bits per heavy atom. The van der Waals surface area contributed by atoms with E-state index < -0.39 is 0 Å². The fourth-order valence-corrected chi connectivity index (χ4v) is 1.53. The van der Waals surface area contributed by atoms with E-state index in [1.165, 1.54) is 6.92 Å². The van der Waals surface area contributed by atoms with Crippen LogP contribution < -0.4 is 16.0 Å². The topological polar surface area (TPSA) is 70.2 Å². The van der Waals surface area contributed by atoms with Gasteiger partial charge in [-0.2, -0.15) is 0 Å². The van der Waals surface area contributed by atoms with Gasteiger partial charge in [0.25, 0.3) is 0 Å². The number of amides is 2. The molecule has 0 fully saturated rings. The van der Waals surface area contributed by atoms with Crippen LogP contribution in [-0.2, 0) is 9.59 Å². The van der Waals surface area contributed by atoms with E-state index in [9.17, 15) is 9.59 Å². The maximum atomic E-state index is 11.5. The summed E-state index contributed by atoms with van der Waals surface area (Å²) in [4.78, 5) is 22.1. The second-order valence-electron chi connectivity index (χ2n) is 3.71. The minimum Gasteiger partial charge on any atom is -0.355 e. The lowest BCUT2D eigenvalue weighted by molar-refractivity contribution is -0.118. The van der Waals surface area contributed by atoms with Crippen molar-refractivity contribution in [2.45, 2.75) is 6.92 Å². The van der Waals surface area contributed by atoms with Crippen LogP contribution in [0.3, 0.4) is 0 Å². The Kier molecular flexibility index (Phi) is 6.38. The Morgan fingerprint density at radius 3 is 2.44 bits per heavy atom. The molecule has 5 nitrogen and oxygen atoms in total. The number of benzene rings is 1. The van der Waals surface area contributed by atoms with Gasteiger partial charge in [0.1, 0.15) is 0 Å². The molecule has 98 valence electrons. The summed E-state index contributed by atoms with van der Waals surface area (Å²) in [5.74, 6) is -0.184. The Bertz CT molecular complexity index is 406. The van der Waals surface area contributed by atoms with E-state index in [1.54, 1.807) is 0 Å². The lowest BCUT2D eigenvalue weighted by atomic mass is 10.3. The van der Waals surface area contributed by atoms with E-state index in [1.807, 2.05) is 24.3 Å². The second-order valence-corrected chi connectivity index (χ2v) is 4.63. The second kappa shape index (κ2) is 7.84. The van der Waals surface area contributed by atoms with E-state index in [0.29, 0.717) is 13.1 Å². The van der Waals surface area contributed by atoms with Gasteiger partial charge in [-0.25, -0.2) is 0 Å². The van der Waals surface area contributed by atoms with Gasteiger partial charge in [-0.1, -0.05) is 15.9 Å². The molecule has 3 N–H and O–H groups in total. The Hall–Kier alpha value is -1.40. The summed E-state index contributed by atoms with van der Waals surface area (Å²) in [5, 5.41) is 8.33. The van der Waals surface area contributed by atoms with E-state index in [0.717, 1.165) is 10.2 Å².